The fourth-order valence-corrected chi connectivity index (χ4v) is 4.14. The van der Waals surface area contributed by atoms with Gasteiger partial charge in [0.25, 0.3) is 5.56 Å². The molecule has 3 heterocycles. The predicted octanol–water partition coefficient (Wildman–Crippen LogP) is 2.50. The lowest BCUT2D eigenvalue weighted by Gasteiger charge is -2.36. The zero-order valence-electron chi connectivity index (χ0n) is 13.8. The first-order valence-electron chi connectivity index (χ1n) is 8.57. The van der Waals surface area contributed by atoms with Crippen LogP contribution in [0, 0.1) is 0 Å². The van der Waals surface area contributed by atoms with Gasteiger partial charge in [-0.2, -0.15) is 0 Å². The first-order chi connectivity index (χ1) is 11.7. The predicted molar refractivity (Wildman–Crippen MR) is 92.7 cm³/mol. The minimum absolute atomic E-state index is 0.0387. The van der Waals surface area contributed by atoms with E-state index >= 15 is 0 Å². The molecule has 2 unspecified atom stereocenters. The van der Waals surface area contributed by atoms with Crippen molar-refractivity contribution in [3.05, 3.63) is 52.6 Å². The third kappa shape index (κ3) is 2.44. The van der Waals surface area contributed by atoms with Gasteiger partial charge in [0.15, 0.2) is 0 Å². The first-order valence-corrected chi connectivity index (χ1v) is 8.57. The zero-order valence-corrected chi connectivity index (χ0v) is 13.8. The second-order valence-corrected chi connectivity index (χ2v) is 6.74. The summed E-state index contributed by atoms with van der Waals surface area (Å²) in [6, 6.07) is 7.84. The molecule has 0 spiro atoms. The lowest BCUT2D eigenvalue weighted by Crippen LogP contribution is -2.46. The van der Waals surface area contributed by atoms with Gasteiger partial charge in [-0.05, 0) is 44.7 Å². The number of carbonyl (C=O) groups excluding carboxylic acids is 1. The summed E-state index contributed by atoms with van der Waals surface area (Å²) < 4.78 is 1.44. The van der Waals surface area contributed by atoms with Gasteiger partial charge in [0.2, 0.25) is 5.91 Å². The Hall–Kier alpha value is -2.43. The number of benzene rings is 1. The van der Waals surface area contributed by atoms with E-state index in [-0.39, 0.29) is 18.0 Å². The number of hydrogen-bond acceptors (Lipinski definition) is 3. The molecule has 2 fully saturated rings. The van der Waals surface area contributed by atoms with Crippen molar-refractivity contribution in [2.75, 3.05) is 0 Å². The smallest absolute Gasteiger partial charge is 0.261 e. The van der Waals surface area contributed by atoms with Crippen molar-refractivity contribution in [2.24, 2.45) is 0 Å². The number of fused-ring (bicyclic) bond motifs is 3. The Morgan fingerprint density at radius 2 is 1.96 bits per heavy atom. The Balaban J connectivity index is 1.59. The van der Waals surface area contributed by atoms with Crippen molar-refractivity contribution in [3.63, 3.8) is 0 Å². The van der Waals surface area contributed by atoms with Crippen LogP contribution in [0.4, 0.5) is 0 Å². The molecule has 0 radical (unpaired) electrons. The standard InChI is InChI=1S/C19H21N3O2/c1-2-13-9-14-7-8-15(10-13)22(14)18(23)11-21-12-20-17-6-4-3-5-16(17)19(21)24/h2-6,12,14-15H,7-11H2,1H3. The molecule has 2 aromatic rings. The van der Waals surface area contributed by atoms with E-state index < -0.39 is 0 Å². The number of piperidine rings is 1. The molecule has 24 heavy (non-hydrogen) atoms. The van der Waals surface area contributed by atoms with Gasteiger partial charge in [-0.3, -0.25) is 14.2 Å². The summed E-state index contributed by atoms with van der Waals surface area (Å²) in [5.41, 5.74) is 1.98. The van der Waals surface area contributed by atoms with Crippen LogP contribution in [0.15, 0.2) is 47.0 Å². The highest BCUT2D eigenvalue weighted by molar-refractivity contribution is 5.79. The Kier molecular flexibility index (Phi) is 3.71. The van der Waals surface area contributed by atoms with Crippen molar-refractivity contribution < 1.29 is 4.79 Å². The van der Waals surface area contributed by atoms with Gasteiger partial charge in [-0.1, -0.05) is 23.8 Å². The minimum atomic E-state index is -0.146. The lowest BCUT2D eigenvalue weighted by atomic mass is 9.96. The van der Waals surface area contributed by atoms with Crippen LogP contribution in [0.1, 0.15) is 32.6 Å². The quantitative estimate of drug-likeness (QED) is 0.798. The number of aromatic nitrogens is 2. The molecule has 0 N–H and O–H groups in total. The summed E-state index contributed by atoms with van der Waals surface area (Å²) in [5.74, 6) is 0.0387. The summed E-state index contributed by atoms with van der Waals surface area (Å²) in [5, 5.41) is 0.561. The van der Waals surface area contributed by atoms with Crippen molar-refractivity contribution in [1.82, 2.24) is 14.5 Å². The van der Waals surface area contributed by atoms with Crippen LogP contribution in [-0.2, 0) is 11.3 Å². The maximum absolute atomic E-state index is 12.8. The fraction of sp³-hybridized carbons (Fsp3) is 0.421. The summed E-state index contributed by atoms with van der Waals surface area (Å²) in [6.45, 7) is 2.15. The van der Waals surface area contributed by atoms with E-state index in [2.05, 4.69) is 18.0 Å². The average molecular weight is 323 g/mol. The SMILES string of the molecule is CC=C1CC2CCC(C1)N2C(=O)Cn1cnc2ccccc2c1=O. The molecule has 2 bridgehead atoms. The van der Waals surface area contributed by atoms with Gasteiger partial charge in [-0.25, -0.2) is 4.98 Å². The zero-order chi connectivity index (χ0) is 16.7. The number of carbonyl (C=O) groups is 1. The first kappa shape index (κ1) is 15.1. The molecule has 2 aliphatic heterocycles. The van der Waals surface area contributed by atoms with Crippen LogP contribution in [0.5, 0.6) is 0 Å². The van der Waals surface area contributed by atoms with E-state index in [0.29, 0.717) is 23.0 Å². The lowest BCUT2D eigenvalue weighted by molar-refractivity contribution is -0.135. The number of allylic oxidation sites excluding steroid dienone is 1. The highest BCUT2D eigenvalue weighted by atomic mass is 16.2. The summed E-state index contributed by atoms with van der Waals surface area (Å²) in [4.78, 5) is 31.7. The van der Waals surface area contributed by atoms with Crippen molar-refractivity contribution in [1.29, 1.82) is 0 Å². The molecular weight excluding hydrogens is 302 g/mol. The van der Waals surface area contributed by atoms with Gasteiger partial charge in [0, 0.05) is 12.1 Å². The summed E-state index contributed by atoms with van der Waals surface area (Å²) in [7, 11) is 0. The van der Waals surface area contributed by atoms with Gasteiger partial charge in [-0.15, -0.1) is 0 Å². The molecule has 5 heteroatoms. The number of hydrogen-bond donors (Lipinski definition) is 0. The van der Waals surface area contributed by atoms with Gasteiger partial charge in [0.1, 0.15) is 6.54 Å². The topological polar surface area (TPSA) is 55.2 Å². The highest BCUT2D eigenvalue weighted by Crippen LogP contribution is 2.38. The molecule has 4 rings (SSSR count). The van der Waals surface area contributed by atoms with Gasteiger partial charge in [0.05, 0.1) is 17.2 Å². The molecular formula is C19H21N3O2. The normalized spacial score (nSPS) is 22.9. The fourth-order valence-electron chi connectivity index (χ4n) is 4.14. The maximum atomic E-state index is 12.8. The van der Waals surface area contributed by atoms with Crippen LogP contribution in [0.2, 0.25) is 0 Å². The third-order valence-corrected chi connectivity index (χ3v) is 5.35. The van der Waals surface area contributed by atoms with Crippen molar-refractivity contribution in [2.45, 2.75) is 51.2 Å². The Morgan fingerprint density at radius 3 is 2.67 bits per heavy atom. The van der Waals surface area contributed by atoms with Crippen molar-refractivity contribution >= 4 is 16.8 Å². The van der Waals surface area contributed by atoms with Crippen LogP contribution in [0.3, 0.4) is 0 Å². The molecule has 124 valence electrons. The van der Waals surface area contributed by atoms with Crippen LogP contribution in [0.25, 0.3) is 10.9 Å². The molecule has 1 aromatic carbocycles. The minimum Gasteiger partial charge on any atom is -0.335 e. The molecule has 2 aliphatic rings. The second-order valence-electron chi connectivity index (χ2n) is 6.74. The molecule has 2 atom stereocenters. The number of amides is 1. The van der Waals surface area contributed by atoms with Crippen LogP contribution < -0.4 is 5.56 Å². The Labute approximate surface area is 140 Å². The molecule has 2 saturated heterocycles. The van der Waals surface area contributed by atoms with E-state index in [1.807, 2.05) is 23.1 Å². The molecule has 5 nitrogen and oxygen atoms in total. The van der Waals surface area contributed by atoms with E-state index in [4.69, 9.17) is 0 Å². The molecule has 0 saturated carbocycles. The van der Waals surface area contributed by atoms with E-state index in [9.17, 15) is 9.59 Å². The highest BCUT2D eigenvalue weighted by Gasteiger charge is 2.40. The number of para-hydroxylation sites is 1. The Bertz CT molecular complexity index is 868. The maximum Gasteiger partial charge on any atom is 0.261 e. The third-order valence-electron chi connectivity index (χ3n) is 5.35. The molecule has 0 aliphatic carbocycles. The van der Waals surface area contributed by atoms with E-state index in [0.717, 1.165) is 25.7 Å². The van der Waals surface area contributed by atoms with E-state index in [1.165, 1.54) is 16.5 Å². The average Bonchev–Trinajstić information content (AvgIpc) is 2.88. The second kappa shape index (κ2) is 5.89. The largest absolute Gasteiger partial charge is 0.335 e. The Morgan fingerprint density at radius 1 is 1.25 bits per heavy atom. The van der Waals surface area contributed by atoms with Crippen LogP contribution >= 0.6 is 0 Å². The summed E-state index contributed by atoms with van der Waals surface area (Å²) >= 11 is 0. The van der Waals surface area contributed by atoms with Crippen LogP contribution in [-0.4, -0.2) is 32.4 Å². The molecule has 1 aromatic heterocycles. The number of rotatable bonds is 2. The monoisotopic (exact) mass is 323 g/mol. The number of nitrogens with zero attached hydrogens (tertiary/aromatic N) is 3. The van der Waals surface area contributed by atoms with Gasteiger partial charge < -0.3 is 4.90 Å². The van der Waals surface area contributed by atoms with Gasteiger partial charge >= 0.3 is 0 Å². The molecule has 1 amide bonds. The van der Waals surface area contributed by atoms with E-state index in [1.54, 1.807) is 6.07 Å². The van der Waals surface area contributed by atoms with Crippen molar-refractivity contribution in [3.8, 4) is 0 Å². The summed E-state index contributed by atoms with van der Waals surface area (Å²) in [6.07, 6.45) is 7.77.